The molecule has 0 aromatic heterocycles. The lowest BCUT2D eigenvalue weighted by Crippen LogP contribution is -2.34. The molecule has 0 spiro atoms. The molecule has 2 bridgehead atoms. The number of Topliss-reactive ketones (excluding diaryl/α,β-unsaturated/α-hetero) is 1. The second kappa shape index (κ2) is 2.81. The van der Waals surface area contributed by atoms with E-state index in [-0.39, 0.29) is 17.4 Å². The Morgan fingerprint density at radius 3 is 2.38 bits per heavy atom. The van der Waals surface area contributed by atoms with Crippen molar-refractivity contribution in [2.45, 2.75) is 52.2 Å². The number of ketones is 1. The smallest absolute Gasteiger partial charge is 0.143 e. The highest BCUT2D eigenvalue weighted by Crippen LogP contribution is 2.41. The summed E-state index contributed by atoms with van der Waals surface area (Å²) in [5.74, 6) is 0.582. The van der Waals surface area contributed by atoms with Crippen molar-refractivity contribution in [1.29, 1.82) is 0 Å². The molecule has 3 unspecified atom stereocenters. The van der Waals surface area contributed by atoms with Crippen molar-refractivity contribution >= 4 is 5.78 Å². The standard InChI is InChI=1S/C11H18O2/c1-11(2,3)10(12)8-6-7-4-5-9(8)13-7/h7-9H,4-6H2,1-3H3. The minimum absolute atomic E-state index is 0.193. The van der Waals surface area contributed by atoms with Crippen LogP contribution in [0, 0.1) is 11.3 Å². The van der Waals surface area contributed by atoms with Gasteiger partial charge < -0.3 is 4.74 Å². The van der Waals surface area contributed by atoms with E-state index in [0.717, 1.165) is 12.8 Å². The molecule has 0 amide bonds. The van der Waals surface area contributed by atoms with Gasteiger partial charge in [-0.15, -0.1) is 0 Å². The zero-order valence-electron chi connectivity index (χ0n) is 8.67. The molecule has 2 aliphatic rings. The molecule has 0 N–H and O–H groups in total. The van der Waals surface area contributed by atoms with Gasteiger partial charge in [0.05, 0.1) is 12.2 Å². The maximum Gasteiger partial charge on any atom is 0.143 e. The first kappa shape index (κ1) is 9.20. The molecule has 2 nitrogen and oxygen atoms in total. The van der Waals surface area contributed by atoms with E-state index in [1.165, 1.54) is 6.42 Å². The van der Waals surface area contributed by atoms with Crippen molar-refractivity contribution in [2.24, 2.45) is 11.3 Å². The fourth-order valence-electron chi connectivity index (χ4n) is 2.47. The highest BCUT2D eigenvalue weighted by molar-refractivity contribution is 5.86. The highest BCUT2D eigenvalue weighted by Gasteiger charge is 2.46. The van der Waals surface area contributed by atoms with Crippen LogP contribution in [0.3, 0.4) is 0 Å². The zero-order chi connectivity index (χ0) is 9.64. The number of carbonyl (C=O) groups is 1. The first-order valence-corrected chi connectivity index (χ1v) is 5.18. The van der Waals surface area contributed by atoms with E-state index in [2.05, 4.69) is 0 Å². The van der Waals surface area contributed by atoms with Gasteiger partial charge in [0.15, 0.2) is 0 Å². The molecule has 3 atom stereocenters. The van der Waals surface area contributed by atoms with Gasteiger partial charge in [0, 0.05) is 11.3 Å². The predicted octanol–water partition coefficient (Wildman–Crippen LogP) is 2.17. The lowest BCUT2D eigenvalue weighted by atomic mass is 9.76. The minimum Gasteiger partial charge on any atom is -0.374 e. The van der Waals surface area contributed by atoms with Crippen LogP contribution in [-0.2, 0) is 9.53 Å². The third-order valence-corrected chi connectivity index (χ3v) is 3.18. The Bertz CT molecular complexity index is 227. The monoisotopic (exact) mass is 182 g/mol. The molecular weight excluding hydrogens is 164 g/mol. The van der Waals surface area contributed by atoms with Crippen LogP contribution in [0.15, 0.2) is 0 Å². The van der Waals surface area contributed by atoms with Crippen molar-refractivity contribution in [1.82, 2.24) is 0 Å². The molecule has 13 heavy (non-hydrogen) atoms. The molecule has 2 rings (SSSR count). The topological polar surface area (TPSA) is 26.3 Å². The lowest BCUT2D eigenvalue weighted by Gasteiger charge is -2.25. The normalized spacial score (nSPS) is 38.2. The predicted molar refractivity (Wildman–Crippen MR) is 50.5 cm³/mol. The van der Waals surface area contributed by atoms with Gasteiger partial charge >= 0.3 is 0 Å². The van der Waals surface area contributed by atoms with Crippen LogP contribution >= 0.6 is 0 Å². The Hall–Kier alpha value is -0.370. The van der Waals surface area contributed by atoms with E-state index in [0.29, 0.717) is 11.9 Å². The van der Waals surface area contributed by atoms with Gasteiger partial charge in [-0.05, 0) is 19.3 Å². The van der Waals surface area contributed by atoms with Crippen LogP contribution in [0.2, 0.25) is 0 Å². The van der Waals surface area contributed by atoms with E-state index in [4.69, 9.17) is 4.74 Å². The summed E-state index contributed by atoms with van der Waals surface area (Å²) in [6.07, 6.45) is 3.87. The number of carbonyl (C=O) groups excluding carboxylic acids is 1. The SMILES string of the molecule is CC(C)(C)C(=O)C1CC2CCC1O2. The third-order valence-electron chi connectivity index (χ3n) is 3.18. The average Bonchev–Trinajstić information content (AvgIpc) is 2.60. The highest BCUT2D eigenvalue weighted by atomic mass is 16.5. The minimum atomic E-state index is -0.196. The van der Waals surface area contributed by atoms with Gasteiger partial charge in [-0.3, -0.25) is 4.79 Å². The Morgan fingerprint density at radius 1 is 1.31 bits per heavy atom. The fourth-order valence-corrected chi connectivity index (χ4v) is 2.47. The van der Waals surface area contributed by atoms with Crippen molar-refractivity contribution in [3.63, 3.8) is 0 Å². The zero-order valence-corrected chi connectivity index (χ0v) is 8.67. The summed E-state index contributed by atoms with van der Waals surface area (Å²) >= 11 is 0. The van der Waals surface area contributed by atoms with E-state index in [1.54, 1.807) is 0 Å². The van der Waals surface area contributed by atoms with Gasteiger partial charge in [-0.25, -0.2) is 0 Å². The van der Waals surface area contributed by atoms with Gasteiger partial charge in [0.25, 0.3) is 0 Å². The molecule has 2 heteroatoms. The Morgan fingerprint density at radius 2 is 2.00 bits per heavy atom. The number of hydrogen-bond donors (Lipinski definition) is 0. The van der Waals surface area contributed by atoms with Crippen molar-refractivity contribution in [2.75, 3.05) is 0 Å². The summed E-state index contributed by atoms with van der Waals surface area (Å²) in [5, 5.41) is 0. The summed E-state index contributed by atoms with van der Waals surface area (Å²) in [6, 6.07) is 0. The molecule has 0 aromatic carbocycles. The van der Waals surface area contributed by atoms with Gasteiger partial charge in [0.1, 0.15) is 5.78 Å². The van der Waals surface area contributed by atoms with Crippen molar-refractivity contribution in [3.05, 3.63) is 0 Å². The maximum absolute atomic E-state index is 12.0. The Balaban J connectivity index is 2.07. The van der Waals surface area contributed by atoms with E-state index >= 15 is 0 Å². The Labute approximate surface area is 79.7 Å². The van der Waals surface area contributed by atoms with Gasteiger partial charge in [0.2, 0.25) is 0 Å². The molecule has 2 heterocycles. The van der Waals surface area contributed by atoms with Crippen molar-refractivity contribution < 1.29 is 9.53 Å². The van der Waals surface area contributed by atoms with Crippen LogP contribution in [0.25, 0.3) is 0 Å². The first-order valence-electron chi connectivity index (χ1n) is 5.18. The fraction of sp³-hybridized carbons (Fsp3) is 0.909. The molecule has 0 aromatic rings. The molecule has 2 saturated heterocycles. The summed E-state index contributed by atoms with van der Waals surface area (Å²) in [5.41, 5.74) is -0.196. The first-order chi connectivity index (χ1) is 5.98. The number of fused-ring (bicyclic) bond motifs is 2. The van der Waals surface area contributed by atoms with Gasteiger partial charge in [-0.1, -0.05) is 20.8 Å². The summed E-state index contributed by atoms with van der Waals surface area (Å²) in [7, 11) is 0. The summed E-state index contributed by atoms with van der Waals surface area (Å²) < 4.78 is 5.68. The quantitative estimate of drug-likeness (QED) is 0.621. The van der Waals surface area contributed by atoms with E-state index < -0.39 is 0 Å². The number of rotatable bonds is 1. The van der Waals surface area contributed by atoms with Gasteiger partial charge in [-0.2, -0.15) is 0 Å². The number of hydrogen-bond acceptors (Lipinski definition) is 2. The van der Waals surface area contributed by atoms with Crippen molar-refractivity contribution in [3.8, 4) is 0 Å². The second-order valence-corrected chi connectivity index (χ2v) is 5.33. The molecule has 2 fully saturated rings. The maximum atomic E-state index is 12.0. The largest absolute Gasteiger partial charge is 0.374 e. The van der Waals surface area contributed by atoms with Crippen LogP contribution in [0.5, 0.6) is 0 Å². The molecule has 74 valence electrons. The molecule has 0 aliphatic carbocycles. The summed E-state index contributed by atoms with van der Waals surface area (Å²) in [6.45, 7) is 6.00. The van der Waals surface area contributed by atoms with Crippen LogP contribution < -0.4 is 0 Å². The molecule has 0 radical (unpaired) electrons. The molecule has 2 aliphatic heterocycles. The number of ether oxygens (including phenoxy) is 1. The lowest BCUT2D eigenvalue weighted by molar-refractivity contribution is -0.132. The van der Waals surface area contributed by atoms with Crippen LogP contribution in [-0.4, -0.2) is 18.0 Å². The van der Waals surface area contributed by atoms with Crippen LogP contribution in [0.1, 0.15) is 40.0 Å². The Kier molecular flexibility index (Phi) is 1.99. The second-order valence-electron chi connectivity index (χ2n) is 5.33. The van der Waals surface area contributed by atoms with E-state index in [9.17, 15) is 4.79 Å². The molecular formula is C11H18O2. The third kappa shape index (κ3) is 1.52. The summed E-state index contributed by atoms with van der Waals surface area (Å²) in [4.78, 5) is 12.0. The van der Waals surface area contributed by atoms with Crippen LogP contribution in [0.4, 0.5) is 0 Å². The van der Waals surface area contributed by atoms with E-state index in [1.807, 2.05) is 20.8 Å². The average molecular weight is 182 g/mol. The molecule has 0 saturated carbocycles.